The fourth-order valence-electron chi connectivity index (χ4n) is 1.83. The molecule has 2 rings (SSSR count). The summed E-state index contributed by atoms with van der Waals surface area (Å²) in [7, 11) is 0. The predicted molar refractivity (Wildman–Crippen MR) is 96.5 cm³/mol. The predicted octanol–water partition coefficient (Wildman–Crippen LogP) is 1.75. The molecule has 3 amide bonds. The Morgan fingerprint density at radius 2 is 2.17 bits per heavy atom. The van der Waals surface area contributed by atoms with E-state index in [1.165, 1.54) is 22.0 Å². The molecule has 0 saturated carbocycles. The SMILES string of the molecule is C=CCNC(=O)NC(=O)CSc1nc2ccsc2c(=O)n1CC=C. The van der Waals surface area contributed by atoms with Crippen LogP contribution in [0.1, 0.15) is 0 Å². The number of hydrogen-bond acceptors (Lipinski definition) is 6. The lowest BCUT2D eigenvalue weighted by molar-refractivity contribution is -0.117. The summed E-state index contributed by atoms with van der Waals surface area (Å²) in [6.07, 6.45) is 3.10. The highest BCUT2D eigenvalue weighted by atomic mass is 32.2. The second-order valence-corrected chi connectivity index (χ2v) is 6.43. The van der Waals surface area contributed by atoms with E-state index in [1.807, 2.05) is 0 Å². The summed E-state index contributed by atoms with van der Waals surface area (Å²) in [6, 6.07) is 1.16. The molecule has 2 N–H and O–H groups in total. The molecule has 0 saturated heterocycles. The Hall–Kier alpha value is -2.39. The smallest absolute Gasteiger partial charge is 0.321 e. The molecule has 0 aliphatic carbocycles. The van der Waals surface area contributed by atoms with Crippen LogP contribution in [0.5, 0.6) is 0 Å². The van der Waals surface area contributed by atoms with Gasteiger partial charge in [0, 0.05) is 13.1 Å². The Balaban J connectivity index is 2.11. The molecule has 0 unspecified atom stereocenters. The van der Waals surface area contributed by atoms with Crippen molar-refractivity contribution >= 4 is 45.3 Å². The standard InChI is InChI=1S/C15H16N4O3S2/c1-3-6-16-14(22)18-11(20)9-24-15-17-10-5-8-23-12(10)13(21)19(15)7-4-2/h3-5,8H,1-2,6-7,9H2,(H2,16,18,20,22). The van der Waals surface area contributed by atoms with E-state index < -0.39 is 11.9 Å². The largest absolute Gasteiger partial charge is 0.334 e. The van der Waals surface area contributed by atoms with E-state index in [1.54, 1.807) is 17.5 Å². The van der Waals surface area contributed by atoms with Crippen molar-refractivity contribution in [1.82, 2.24) is 20.2 Å². The summed E-state index contributed by atoms with van der Waals surface area (Å²) in [4.78, 5) is 40.1. The lowest BCUT2D eigenvalue weighted by atomic mass is 10.4. The number of aromatic nitrogens is 2. The van der Waals surface area contributed by atoms with Gasteiger partial charge in [0.15, 0.2) is 5.16 Å². The van der Waals surface area contributed by atoms with Crippen LogP contribution in [0.3, 0.4) is 0 Å². The van der Waals surface area contributed by atoms with Crippen LogP contribution in [0.25, 0.3) is 10.2 Å². The average Bonchev–Trinajstić information content (AvgIpc) is 3.02. The van der Waals surface area contributed by atoms with Gasteiger partial charge in [-0.3, -0.25) is 19.5 Å². The summed E-state index contributed by atoms with van der Waals surface area (Å²) in [5.41, 5.74) is 0.429. The Bertz CT molecular complexity index is 841. The van der Waals surface area contributed by atoms with Crippen LogP contribution in [0.15, 0.2) is 46.7 Å². The molecule has 9 heteroatoms. The van der Waals surface area contributed by atoms with Crippen molar-refractivity contribution in [2.24, 2.45) is 0 Å². The van der Waals surface area contributed by atoms with Gasteiger partial charge in [0.2, 0.25) is 5.91 Å². The van der Waals surface area contributed by atoms with Gasteiger partial charge in [-0.15, -0.1) is 24.5 Å². The maximum atomic E-state index is 12.4. The number of amides is 3. The summed E-state index contributed by atoms with van der Waals surface area (Å²) in [5, 5.41) is 6.84. The lowest BCUT2D eigenvalue weighted by Gasteiger charge is -2.10. The zero-order chi connectivity index (χ0) is 17.5. The third-order valence-corrected chi connectivity index (χ3v) is 4.70. The number of rotatable bonds is 7. The number of carbonyl (C=O) groups excluding carboxylic acids is 2. The molecule has 0 aliphatic heterocycles. The van der Waals surface area contributed by atoms with Gasteiger partial charge in [-0.1, -0.05) is 23.9 Å². The zero-order valence-electron chi connectivity index (χ0n) is 12.8. The third-order valence-electron chi connectivity index (χ3n) is 2.83. The molecular weight excluding hydrogens is 348 g/mol. The monoisotopic (exact) mass is 364 g/mol. The van der Waals surface area contributed by atoms with E-state index in [2.05, 4.69) is 28.8 Å². The minimum absolute atomic E-state index is 0.0409. The molecule has 24 heavy (non-hydrogen) atoms. The third kappa shape index (κ3) is 4.33. The highest BCUT2D eigenvalue weighted by molar-refractivity contribution is 7.99. The van der Waals surface area contributed by atoms with Crippen molar-refractivity contribution in [2.75, 3.05) is 12.3 Å². The van der Waals surface area contributed by atoms with E-state index in [0.29, 0.717) is 21.9 Å². The molecule has 0 fully saturated rings. The maximum absolute atomic E-state index is 12.4. The first-order valence-electron chi connectivity index (χ1n) is 6.97. The number of fused-ring (bicyclic) bond motifs is 1. The first-order valence-corrected chi connectivity index (χ1v) is 8.83. The zero-order valence-corrected chi connectivity index (χ0v) is 14.4. The summed E-state index contributed by atoms with van der Waals surface area (Å²) < 4.78 is 2.02. The fourth-order valence-corrected chi connectivity index (χ4v) is 3.41. The number of thiophene rings is 1. The van der Waals surface area contributed by atoms with Gasteiger partial charge in [-0.05, 0) is 11.4 Å². The second kappa shape index (κ2) is 8.46. The normalized spacial score (nSPS) is 10.3. The highest BCUT2D eigenvalue weighted by Crippen LogP contribution is 2.20. The minimum atomic E-state index is -0.592. The van der Waals surface area contributed by atoms with Crippen LogP contribution < -0.4 is 16.2 Å². The summed E-state index contributed by atoms with van der Waals surface area (Å²) >= 11 is 2.41. The molecule has 2 aromatic rings. The van der Waals surface area contributed by atoms with Crippen molar-refractivity contribution in [2.45, 2.75) is 11.7 Å². The minimum Gasteiger partial charge on any atom is -0.334 e. The average molecular weight is 364 g/mol. The number of nitrogens with zero attached hydrogens (tertiary/aromatic N) is 2. The molecule has 7 nitrogen and oxygen atoms in total. The van der Waals surface area contributed by atoms with Gasteiger partial charge in [-0.25, -0.2) is 9.78 Å². The van der Waals surface area contributed by atoms with Crippen LogP contribution in [-0.2, 0) is 11.3 Å². The van der Waals surface area contributed by atoms with E-state index in [4.69, 9.17) is 0 Å². The van der Waals surface area contributed by atoms with Crippen molar-refractivity contribution < 1.29 is 9.59 Å². The van der Waals surface area contributed by atoms with Crippen molar-refractivity contribution in [3.63, 3.8) is 0 Å². The van der Waals surface area contributed by atoms with Crippen LogP contribution >= 0.6 is 23.1 Å². The molecule has 0 spiro atoms. The molecule has 0 aromatic carbocycles. The topological polar surface area (TPSA) is 93.1 Å². The molecule has 126 valence electrons. The van der Waals surface area contributed by atoms with Gasteiger partial charge in [-0.2, -0.15) is 0 Å². The number of hydrogen-bond donors (Lipinski definition) is 2. The van der Waals surface area contributed by atoms with E-state index in [9.17, 15) is 14.4 Å². The van der Waals surface area contributed by atoms with Gasteiger partial charge in [0.05, 0.1) is 11.3 Å². The van der Waals surface area contributed by atoms with E-state index >= 15 is 0 Å². The van der Waals surface area contributed by atoms with Gasteiger partial charge in [0.25, 0.3) is 5.56 Å². The van der Waals surface area contributed by atoms with E-state index in [0.717, 1.165) is 11.8 Å². The van der Waals surface area contributed by atoms with Crippen LogP contribution in [0, 0.1) is 0 Å². The molecule has 0 atom stereocenters. The molecule has 0 bridgehead atoms. The van der Waals surface area contributed by atoms with Gasteiger partial charge >= 0.3 is 6.03 Å². The molecule has 0 aliphatic rings. The van der Waals surface area contributed by atoms with Crippen molar-refractivity contribution in [3.05, 3.63) is 47.1 Å². The fraction of sp³-hybridized carbons (Fsp3) is 0.200. The Labute approximate surface area is 146 Å². The number of imide groups is 1. The number of urea groups is 1. The lowest BCUT2D eigenvalue weighted by Crippen LogP contribution is -2.40. The Morgan fingerprint density at radius 1 is 1.38 bits per heavy atom. The van der Waals surface area contributed by atoms with Crippen LogP contribution in [0.2, 0.25) is 0 Å². The number of carbonyl (C=O) groups is 2. The Kier molecular flexibility index (Phi) is 6.33. The first kappa shape index (κ1) is 18.0. The number of nitrogens with one attached hydrogen (secondary N) is 2. The molecular formula is C15H16N4O3S2. The maximum Gasteiger partial charge on any atom is 0.321 e. The molecule has 2 heterocycles. The number of thioether (sulfide) groups is 1. The second-order valence-electron chi connectivity index (χ2n) is 4.57. The van der Waals surface area contributed by atoms with Crippen LogP contribution in [0.4, 0.5) is 4.79 Å². The van der Waals surface area contributed by atoms with Crippen molar-refractivity contribution in [3.8, 4) is 0 Å². The van der Waals surface area contributed by atoms with Gasteiger partial charge in [0.1, 0.15) is 4.70 Å². The number of allylic oxidation sites excluding steroid dienone is 1. The molecule has 0 radical (unpaired) electrons. The molecule has 2 aromatic heterocycles. The van der Waals surface area contributed by atoms with Crippen molar-refractivity contribution in [1.29, 1.82) is 0 Å². The van der Waals surface area contributed by atoms with Crippen LogP contribution in [-0.4, -0.2) is 33.8 Å². The van der Waals surface area contributed by atoms with E-state index in [-0.39, 0.29) is 17.9 Å². The summed E-state index contributed by atoms with van der Waals surface area (Å²) in [5.74, 6) is -0.521. The first-order chi connectivity index (χ1) is 11.6. The summed E-state index contributed by atoms with van der Waals surface area (Å²) in [6.45, 7) is 7.66. The van der Waals surface area contributed by atoms with Gasteiger partial charge < -0.3 is 5.32 Å². The quantitative estimate of drug-likeness (QED) is 0.443. The Morgan fingerprint density at radius 3 is 2.88 bits per heavy atom. The highest BCUT2D eigenvalue weighted by Gasteiger charge is 2.14.